The Morgan fingerprint density at radius 2 is 1.75 bits per heavy atom. The van der Waals surface area contributed by atoms with Gasteiger partial charge in [-0.05, 0) is 50.8 Å². The van der Waals surface area contributed by atoms with Gasteiger partial charge in [0.15, 0.2) is 5.82 Å². The van der Waals surface area contributed by atoms with E-state index in [1.165, 1.54) is 4.57 Å². The van der Waals surface area contributed by atoms with Gasteiger partial charge in [-0.15, -0.1) is 0 Å². The van der Waals surface area contributed by atoms with Crippen LogP contribution in [0.3, 0.4) is 0 Å². The maximum Gasteiger partial charge on any atom is 0.296 e. The number of carbonyl (C=O) groups excluding carboxylic acids is 1. The molecule has 5 rings (SSSR count). The summed E-state index contributed by atoms with van der Waals surface area (Å²) in [6.07, 6.45) is 1.32. The second-order valence-electron chi connectivity index (χ2n) is 10.9. The summed E-state index contributed by atoms with van der Waals surface area (Å²) in [6.45, 7) is 3.60. The van der Waals surface area contributed by atoms with Gasteiger partial charge in [0.05, 0.1) is 30.8 Å². The van der Waals surface area contributed by atoms with Crippen LogP contribution in [0.25, 0.3) is 16.9 Å². The van der Waals surface area contributed by atoms with Gasteiger partial charge in [-0.2, -0.15) is 9.97 Å². The first-order valence-electron chi connectivity index (χ1n) is 13.9. The number of para-hydroxylation sites is 2. The molecule has 0 bridgehead atoms. The van der Waals surface area contributed by atoms with Crippen LogP contribution >= 0.6 is 0 Å². The zero-order valence-electron chi connectivity index (χ0n) is 23.4. The molecule has 1 saturated carbocycles. The number of rotatable bonds is 9. The molecule has 40 heavy (non-hydrogen) atoms. The lowest BCUT2D eigenvalue weighted by atomic mass is 9.85. The summed E-state index contributed by atoms with van der Waals surface area (Å²) in [6, 6.07) is 9.24. The molecule has 0 atom stereocenters. The summed E-state index contributed by atoms with van der Waals surface area (Å²) in [5.74, 6) is 1.64. The van der Waals surface area contributed by atoms with Gasteiger partial charge in [0, 0.05) is 45.8 Å². The maximum atomic E-state index is 14.1. The van der Waals surface area contributed by atoms with Gasteiger partial charge >= 0.3 is 0 Å². The number of fused-ring (bicyclic) bond motifs is 1. The number of imidazole rings is 1. The molecule has 3 aromatic rings. The van der Waals surface area contributed by atoms with E-state index in [0.29, 0.717) is 80.0 Å². The quantitative estimate of drug-likeness (QED) is 0.428. The smallest absolute Gasteiger partial charge is 0.296 e. The van der Waals surface area contributed by atoms with Crippen LogP contribution in [0.1, 0.15) is 37.9 Å². The van der Waals surface area contributed by atoms with Crippen LogP contribution < -0.4 is 10.2 Å². The van der Waals surface area contributed by atoms with E-state index in [9.17, 15) is 13.6 Å². The van der Waals surface area contributed by atoms with E-state index in [0.717, 1.165) is 25.7 Å². The fourth-order valence-electron chi connectivity index (χ4n) is 5.51. The van der Waals surface area contributed by atoms with Gasteiger partial charge in [-0.1, -0.05) is 12.1 Å². The minimum absolute atomic E-state index is 0.111. The van der Waals surface area contributed by atoms with E-state index in [4.69, 9.17) is 14.7 Å². The topological polar surface area (TPSA) is 91.7 Å². The first-order valence-corrected chi connectivity index (χ1v) is 13.9. The van der Waals surface area contributed by atoms with E-state index in [2.05, 4.69) is 20.1 Å². The second kappa shape index (κ2) is 12.4. The molecule has 2 aliphatic rings. The number of morpholine rings is 1. The Kier molecular flexibility index (Phi) is 8.75. The first kappa shape index (κ1) is 28.2. The van der Waals surface area contributed by atoms with Crippen molar-refractivity contribution in [1.82, 2.24) is 29.3 Å². The number of carbonyl (C=O) groups is 1. The van der Waals surface area contributed by atoms with E-state index >= 15 is 0 Å². The molecule has 10 nitrogen and oxygen atoms in total. The largest absolute Gasteiger partial charge is 0.378 e. The standard InChI is InChI=1S/C28H38F2N8O2/c1-35(2)25(39)18-36(3)20-10-8-19(9-11-20)17-31-28-33-23(37-12-14-40-15-13-37)16-24(34-28)38-22-7-5-4-6-21(22)32-27(38)26(29)30/h4-7,16,19-20,26H,8-15,17-18H2,1-3H3,(H,31,33,34). The molecule has 3 heterocycles. The predicted molar refractivity (Wildman–Crippen MR) is 150 cm³/mol. The SMILES string of the molecule is CN(C)C(=O)CN(C)C1CCC(CNc2nc(N3CCOCC3)cc(-n3c(C(F)F)nc4ccccc43)n2)CC1. The maximum absolute atomic E-state index is 14.1. The van der Waals surface area contributed by atoms with Crippen molar-refractivity contribution in [2.45, 2.75) is 38.2 Å². The molecule has 1 aromatic carbocycles. The zero-order chi connectivity index (χ0) is 28.2. The number of amides is 1. The Labute approximate surface area is 233 Å². The minimum atomic E-state index is -2.76. The average Bonchev–Trinajstić information content (AvgIpc) is 3.37. The summed E-state index contributed by atoms with van der Waals surface area (Å²) in [5, 5.41) is 3.41. The van der Waals surface area contributed by atoms with Crippen LogP contribution in [0, 0.1) is 5.92 Å². The van der Waals surface area contributed by atoms with E-state index in [-0.39, 0.29) is 11.7 Å². The number of nitrogens with zero attached hydrogens (tertiary/aromatic N) is 7. The highest BCUT2D eigenvalue weighted by Crippen LogP contribution is 2.30. The van der Waals surface area contributed by atoms with Crippen LogP contribution in [-0.2, 0) is 9.53 Å². The van der Waals surface area contributed by atoms with Crippen molar-refractivity contribution >= 4 is 28.7 Å². The number of hydrogen-bond acceptors (Lipinski definition) is 8. The monoisotopic (exact) mass is 556 g/mol. The Morgan fingerprint density at radius 3 is 2.45 bits per heavy atom. The lowest BCUT2D eigenvalue weighted by Gasteiger charge is -2.35. The number of benzene rings is 1. The Bertz CT molecular complexity index is 1300. The Balaban J connectivity index is 1.34. The summed E-state index contributed by atoms with van der Waals surface area (Å²) >= 11 is 0. The minimum Gasteiger partial charge on any atom is -0.378 e. The van der Waals surface area contributed by atoms with Crippen molar-refractivity contribution in [1.29, 1.82) is 0 Å². The zero-order valence-corrected chi connectivity index (χ0v) is 23.4. The van der Waals surface area contributed by atoms with E-state index in [1.54, 1.807) is 43.3 Å². The second-order valence-corrected chi connectivity index (χ2v) is 10.9. The number of likely N-dealkylation sites (N-methyl/N-ethyl adjacent to an activating group) is 2. The highest BCUT2D eigenvalue weighted by atomic mass is 19.3. The van der Waals surface area contributed by atoms with Crippen molar-refractivity contribution in [3.8, 4) is 5.82 Å². The highest BCUT2D eigenvalue weighted by Gasteiger charge is 2.27. The summed E-state index contributed by atoms with van der Waals surface area (Å²) < 4.78 is 35.1. The van der Waals surface area contributed by atoms with E-state index in [1.807, 2.05) is 13.1 Å². The fraction of sp³-hybridized carbons (Fsp3) is 0.571. The van der Waals surface area contributed by atoms with Gasteiger partial charge in [-0.3, -0.25) is 14.3 Å². The molecule has 1 saturated heterocycles. The van der Waals surface area contributed by atoms with Crippen molar-refractivity contribution in [2.24, 2.45) is 5.92 Å². The summed E-state index contributed by atoms with van der Waals surface area (Å²) in [7, 11) is 5.58. The van der Waals surface area contributed by atoms with Gasteiger partial charge in [0.25, 0.3) is 6.43 Å². The highest BCUT2D eigenvalue weighted by molar-refractivity contribution is 5.78. The lowest BCUT2D eigenvalue weighted by Crippen LogP contribution is -2.42. The van der Waals surface area contributed by atoms with E-state index < -0.39 is 6.43 Å². The van der Waals surface area contributed by atoms with Crippen LogP contribution in [0.15, 0.2) is 30.3 Å². The number of anilines is 2. The lowest BCUT2D eigenvalue weighted by molar-refractivity contribution is -0.130. The molecule has 0 unspecified atom stereocenters. The van der Waals surface area contributed by atoms with Crippen molar-refractivity contribution in [2.75, 3.05) is 70.8 Å². The molecule has 0 radical (unpaired) electrons. The van der Waals surface area contributed by atoms with Crippen LogP contribution in [0.5, 0.6) is 0 Å². The Hall–Kier alpha value is -3.38. The number of halogens is 2. The summed E-state index contributed by atoms with van der Waals surface area (Å²) in [4.78, 5) is 31.7. The van der Waals surface area contributed by atoms with Crippen molar-refractivity contribution < 1.29 is 18.3 Å². The van der Waals surface area contributed by atoms with Crippen LogP contribution in [0.2, 0.25) is 0 Å². The van der Waals surface area contributed by atoms with Crippen molar-refractivity contribution in [3.63, 3.8) is 0 Å². The molecule has 2 fully saturated rings. The summed E-state index contributed by atoms with van der Waals surface area (Å²) in [5.41, 5.74) is 1.07. The molecule has 1 amide bonds. The van der Waals surface area contributed by atoms with Gasteiger partial charge in [0.1, 0.15) is 11.6 Å². The molecule has 1 N–H and O–H groups in total. The molecule has 1 aliphatic heterocycles. The third kappa shape index (κ3) is 6.33. The normalized spacial score (nSPS) is 19.9. The number of hydrogen-bond donors (Lipinski definition) is 1. The third-order valence-corrected chi connectivity index (χ3v) is 7.92. The third-order valence-electron chi connectivity index (χ3n) is 7.92. The number of ether oxygens (including phenoxy) is 1. The first-order chi connectivity index (χ1) is 19.3. The van der Waals surface area contributed by atoms with Crippen LogP contribution in [-0.4, -0.2) is 102 Å². The van der Waals surface area contributed by atoms with Crippen LogP contribution in [0.4, 0.5) is 20.5 Å². The number of aromatic nitrogens is 4. The number of alkyl halides is 2. The fourth-order valence-corrected chi connectivity index (χ4v) is 5.51. The van der Waals surface area contributed by atoms with Gasteiger partial charge < -0.3 is 19.9 Å². The van der Waals surface area contributed by atoms with Gasteiger partial charge in [0.2, 0.25) is 11.9 Å². The Morgan fingerprint density at radius 1 is 1.05 bits per heavy atom. The van der Waals surface area contributed by atoms with Crippen molar-refractivity contribution in [3.05, 3.63) is 36.2 Å². The predicted octanol–water partition coefficient (Wildman–Crippen LogP) is 3.58. The molecular weight excluding hydrogens is 518 g/mol. The molecule has 12 heteroatoms. The molecule has 216 valence electrons. The molecule has 1 aliphatic carbocycles. The average molecular weight is 557 g/mol. The molecule has 0 spiro atoms. The molecular formula is C28H38F2N8O2. The number of nitrogens with one attached hydrogen (secondary N) is 1. The van der Waals surface area contributed by atoms with Gasteiger partial charge in [-0.25, -0.2) is 13.8 Å². The molecule has 2 aromatic heterocycles.